The third kappa shape index (κ3) is 2.44. The standard InChI is InChI=1S/C12H16OS/c1-9-7-11(5-6-12(9)14-2)13-8-10-3-4-10/h5-7,10H,3-4,8H2,1-2H3. The van der Waals surface area contributed by atoms with Crippen molar-refractivity contribution in [1.29, 1.82) is 0 Å². The predicted molar refractivity (Wildman–Crippen MR) is 61.2 cm³/mol. The van der Waals surface area contributed by atoms with Gasteiger partial charge in [-0.25, -0.2) is 0 Å². The summed E-state index contributed by atoms with van der Waals surface area (Å²) in [6.07, 6.45) is 4.80. The molecule has 0 unspecified atom stereocenters. The van der Waals surface area contributed by atoms with E-state index in [0.717, 1.165) is 18.3 Å². The van der Waals surface area contributed by atoms with E-state index in [1.165, 1.54) is 23.3 Å². The van der Waals surface area contributed by atoms with Gasteiger partial charge in [0.15, 0.2) is 0 Å². The van der Waals surface area contributed by atoms with Gasteiger partial charge in [0.1, 0.15) is 5.75 Å². The van der Waals surface area contributed by atoms with Crippen molar-refractivity contribution in [3.8, 4) is 5.75 Å². The van der Waals surface area contributed by atoms with Crippen LogP contribution in [0.15, 0.2) is 23.1 Å². The molecule has 2 rings (SSSR count). The second-order valence-corrected chi connectivity index (χ2v) is 4.73. The zero-order valence-corrected chi connectivity index (χ0v) is 9.56. The average Bonchev–Trinajstić information content (AvgIpc) is 2.98. The summed E-state index contributed by atoms with van der Waals surface area (Å²) in [5.74, 6) is 1.85. The summed E-state index contributed by atoms with van der Waals surface area (Å²) >= 11 is 1.79. The minimum absolute atomic E-state index is 0.829. The van der Waals surface area contributed by atoms with Crippen LogP contribution in [0.1, 0.15) is 18.4 Å². The monoisotopic (exact) mass is 208 g/mol. The van der Waals surface area contributed by atoms with Crippen molar-refractivity contribution < 1.29 is 4.74 Å². The van der Waals surface area contributed by atoms with Gasteiger partial charge in [-0.15, -0.1) is 11.8 Å². The van der Waals surface area contributed by atoms with Crippen LogP contribution in [-0.2, 0) is 0 Å². The fourth-order valence-corrected chi connectivity index (χ4v) is 2.02. The molecule has 0 aromatic heterocycles. The molecule has 0 N–H and O–H groups in total. The van der Waals surface area contributed by atoms with E-state index in [0.29, 0.717) is 0 Å². The maximum atomic E-state index is 5.70. The second-order valence-electron chi connectivity index (χ2n) is 3.89. The van der Waals surface area contributed by atoms with E-state index in [9.17, 15) is 0 Å². The third-order valence-electron chi connectivity index (χ3n) is 2.55. The van der Waals surface area contributed by atoms with Gasteiger partial charge in [-0.2, -0.15) is 0 Å². The van der Waals surface area contributed by atoms with Gasteiger partial charge in [0.05, 0.1) is 6.61 Å². The highest BCUT2D eigenvalue weighted by Gasteiger charge is 2.21. The highest BCUT2D eigenvalue weighted by atomic mass is 32.2. The van der Waals surface area contributed by atoms with E-state index in [2.05, 4.69) is 31.4 Å². The van der Waals surface area contributed by atoms with Gasteiger partial charge >= 0.3 is 0 Å². The number of thioether (sulfide) groups is 1. The Bertz CT molecular complexity index is 318. The Morgan fingerprint density at radius 3 is 2.79 bits per heavy atom. The third-order valence-corrected chi connectivity index (χ3v) is 3.45. The van der Waals surface area contributed by atoms with Crippen LogP contribution in [0.25, 0.3) is 0 Å². The lowest BCUT2D eigenvalue weighted by Crippen LogP contribution is -1.99. The van der Waals surface area contributed by atoms with E-state index in [1.54, 1.807) is 11.8 Å². The SMILES string of the molecule is CSc1ccc(OCC2CC2)cc1C. The van der Waals surface area contributed by atoms with Crippen LogP contribution in [0.5, 0.6) is 5.75 Å². The Labute approximate surface area is 89.9 Å². The number of rotatable bonds is 4. The molecule has 0 radical (unpaired) electrons. The molecular formula is C12H16OS. The molecule has 0 heterocycles. The van der Waals surface area contributed by atoms with Gasteiger partial charge in [-0.1, -0.05) is 0 Å². The zero-order chi connectivity index (χ0) is 9.97. The molecule has 2 heteroatoms. The molecule has 0 bridgehead atoms. The Kier molecular flexibility index (Phi) is 3.02. The molecule has 1 aliphatic carbocycles. The molecule has 76 valence electrons. The molecule has 0 atom stereocenters. The van der Waals surface area contributed by atoms with E-state index >= 15 is 0 Å². The van der Waals surface area contributed by atoms with Gasteiger partial charge < -0.3 is 4.74 Å². The molecule has 0 amide bonds. The molecule has 1 aromatic carbocycles. The minimum Gasteiger partial charge on any atom is -0.493 e. The first-order valence-corrected chi connectivity index (χ1v) is 6.29. The van der Waals surface area contributed by atoms with E-state index in [1.807, 2.05) is 0 Å². The summed E-state index contributed by atoms with van der Waals surface area (Å²) in [5, 5.41) is 0. The van der Waals surface area contributed by atoms with Crippen LogP contribution >= 0.6 is 11.8 Å². The Morgan fingerprint density at radius 2 is 2.21 bits per heavy atom. The van der Waals surface area contributed by atoms with Gasteiger partial charge in [0, 0.05) is 4.90 Å². The lowest BCUT2D eigenvalue weighted by molar-refractivity contribution is 0.299. The molecule has 1 saturated carbocycles. The fourth-order valence-electron chi connectivity index (χ4n) is 1.44. The van der Waals surface area contributed by atoms with Crippen LogP contribution in [0.2, 0.25) is 0 Å². The van der Waals surface area contributed by atoms with E-state index in [-0.39, 0.29) is 0 Å². The minimum atomic E-state index is 0.829. The van der Waals surface area contributed by atoms with E-state index < -0.39 is 0 Å². The van der Waals surface area contributed by atoms with Crippen LogP contribution < -0.4 is 4.74 Å². The number of hydrogen-bond acceptors (Lipinski definition) is 2. The molecule has 14 heavy (non-hydrogen) atoms. The normalized spacial score (nSPS) is 15.6. The maximum Gasteiger partial charge on any atom is 0.119 e. The summed E-state index contributed by atoms with van der Waals surface area (Å²) < 4.78 is 5.70. The van der Waals surface area contributed by atoms with Crippen molar-refractivity contribution in [2.75, 3.05) is 12.9 Å². The molecule has 1 aromatic rings. The number of ether oxygens (including phenoxy) is 1. The Balaban J connectivity index is 1.99. The van der Waals surface area contributed by atoms with Crippen molar-refractivity contribution in [2.24, 2.45) is 5.92 Å². The first-order valence-electron chi connectivity index (χ1n) is 5.07. The number of benzene rings is 1. The van der Waals surface area contributed by atoms with Crippen LogP contribution in [0.3, 0.4) is 0 Å². The van der Waals surface area contributed by atoms with Crippen molar-refractivity contribution in [2.45, 2.75) is 24.7 Å². The van der Waals surface area contributed by atoms with Gasteiger partial charge in [0.25, 0.3) is 0 Å². The maximum absolute atomic E-state index is 5.70. The van der Waals surface area contributed by atoms with Gasteiger partial charge in [-0.3, -0.25) is 0 Å². The molecule has 1 nitrogen and oxygen atoms in total. The Morgan fingerprint density at radius 1 is 1.43 bits per heavy atom. The lowest BCUT2D eigenvalue weighted by atomic mass is 10.2. The summed E-state index contributed by atoms with van der Waals surface area (Å²) in [5.41, 5.74) is 1.31. The first-order chi connectivity index (χ1) is 6.79. The Hall–Kier alpha value is -0.630. The molecular weight excluding hydrogens is 192 g/mol. The van der Waals surface area contributed by atoms with Gasteiger partial charge in [-0.05, 0) is 55.7 Å². The smallest absolute Gasteiger partial charge is 0.119 e. The van der Waals surface area contributed by atoms with Crippen LogP contribution in [0.4, 0.5) is 0 Å². The highest BCUT2D eigenvalue weighted by Crippen LogP contribution is 2.30. The van der Waals surface area contributed by atoms with Gasteiger partial charge in [0.2, 0.25) is 0 Å². The van der Waals surface area contributed by atoms with Crippen molar-refractivity contribution >= 4 is 11.8 Å². The topological polar surface area (TPSA) is 9.23 Å². The first kappa shape index (κ1) is 9.91. The van der Waals surface area contributed by atoms with Crippen molar-refractivity contribution in [1.82, 2.24) is 0 Å². The zero-order valence-electron chi connectivity index (χ0n) is 8.75. The summed E-state index contributed by atoms with van der Waals surface area (Å²) in [4.78, 5) is 1.34. The number of aryl methyl sites for hydroxylation is 1. The predicted octanol–water partition coefficient (Wildman–Crippen LogP) is 3.51. The van der Waals surface area contributed by atoms with Crippen molar-refractivity contribution in [3.63, 3.8) is 0 Å². The fraction of sp³-hybridized carbons (Fsp3) is 0.500. The second kappa shape index (κ2) is 4.26. The van der Waals surface area contributed by atoms with Crippen LogP contribution in [-0.4, -0.2) is 12.9 Å². The summed E-state index contributed by atoms with van der Waals surface area (Å²) in [7, 11) is 0. The van der Waals surface area contributed by atoms with E-state index in [4.69, 9.17) is 4.74 Å². The summed E-state index contributed by atoms with van der Waals surface area (Å²) in [6, 6.07) is 6.34. The van der Waals surface area contributed by atoms with Crippen molar-refractivity contribution in [3.05, 3.63) is 23.8 Å². The molecule has 1 fully saturated rings. The molecule has 0 saturated heterocycles. The lowest BCUT2D eigenvalue weighted by Gasteiger charge is -2.08. The van der Waals surface area contributed by atoms with Crippen LogP contribution in [0, 0.1) is 12.8 Å². The average molecular weight is 208 g/mol. The highest BCUT2D eigenvalue weighted by molar-refractivity contribution is 7.98. The summed E-state index contributed by atoms with van der Waals surface area (Å²) in [6.45, 7) is 3.04. The largest absolute Gasteiger partial charge is 0.493 e. The quantitative estimate of drug-likeness (QED) is 0.700. The number of hydrogen-bond donors (Lipinski definition) is 0. The molecule has 0 spiro atoms. The molecule has 0 aliphatic heterocycles. The molecule has 1 aliphatic rings.